The molecule has 1 amide bonds. The molecule has 0 radical (unpaired) electrons. The number of carboxylic acids is 1. The van der Waals surface area contributed by atoms with Crippen molar-refractivity contribution in [3.05, 3.63) is 30.5 Å². The van der Waals surface area contributed by atoms with Crippen LogP contribution in [0.4, 0.5) is 5.69 Å². The molecule has 2 rings (SSSR count). The molecule has 0 aliphatic carbocycles. The molecule has 0 fully saturated rings. The van der Waals surface area contributed by atoms with Crippen molar-refractivity contribution in [2.24, 2.45) is 0 Å². The first-order chi connectivity index (χ1) is 11.9. The number of aliphatic carboxylic acids is 1. The van der Waals surface area contributed by atoms with Crippen molar-refractivity contribution in [3.8, 4) is 0 Å². The van der Waals surface area contributed by atoms with Crippen molar-refractivity contribution < 1.29 is 19.8 Å². The van der Waals surface area contributed by atoms with Crippen molar-refractivity contribution in [2.45, 2.75) is 58.1 Å². The van der Waals surface area contributed by atoms with Gasteiger partial charge in [0.1, 0.15) is 6.54 Å². The van der Waals surface area contributed by atoms with Crippen LogP contribution in [0.2, 0.25) is 0 Å². The number of hydrogen-bond acceptors (Lipinski definition) is 3. The second-order valence-electron chi connectivity index (χ2n) is 6.56. The molecule has 0 atom stereocenters. The summed E-state index contributed by atoms with van der Waals surface area (Å²) in [6.07, 6.45) is 4.65. The van der Waals surface area contributed by atoms with Gasteiger partial charge in [-0.2, -0.15) is 0 Å². The second kappa shape index (κ2) is 8.16. The highest BCUT2D eigenvalue weighted by atomic mass is 16.4. The topological polar surface area (TPSA) is 91.6 Å². The van der Waals surface area contributed by atoms with Crippen molar-refractivity contribution in [1.29, 1.82) is 0 Å². The third-order valence-electron chi connectivity index (χ3n) is 4.28. The number of nitrogens with zero attached hydrogens (tertiary/aromatic N) is 1. The molecule has 0 saturated heterocycles. The Morgan fingerprint density at radius 3 is 2.44 bits per heavy atom. The summed E-state index contributed by atoms with van der Waals surface area (Å²) in [5, 5.41) is 23.2. The van der Waals surface area contributed by atoms with E-state index in [4.69, 9.17) is 5.11 Å². The average molecular weight is 346 g/mol. The first-order valence-corrected chi connectivity index (χ1v) is 8.70. The molecule has 1 aromatic carbocycles. The van der Waals surface area contributed by atoms with Gasteiger partial charge in [0.05, 0.1) is 12.0 Å². The number of anilines is 1. The van der Waals surface area contributed by atoms with Crippen LogP contribution in [0.3, 0.4) is 0 Å². The number of aliphatic hydroxyl groups is 1. The molecule has 6 heteroatoms. The van der Waals surface area contributed by atoms with Crippen molar-refractivity contribution in [2.75, 3.05) is 5.32 Å². The summed E-state index contributed by atoms with van der Waals surface area (Å²) in [4.78, 5) is 23.2. The van der Waals surface area contributed by atoms with Crippen LogP contribution in [0.5, 0.6) is 0 Å². The van der Waals surface area contributed by atoms with E-state index in [1.807, 2.05) is 26.0 Å². The van der Waals surface area contributed by atoms with E-state index in [2.05, 4.69) is 5.32 Å². The Kier molecular flexibility index (Phi) is 6.20. The maximum atomic E-state index is 12.3. The van der Waals surface area contributed by atoms with Gasteiger partial charge in [-0.25, -0.2) is 0 Å². The average Bonchev–Trinajstić information content (AvgIpc) is 2.89. The van der Waals surface area contributed by atoms with Gasteiger partial charge in [-0.3, -0.25) is 9.59 Å². The lowest BCUT2D eigenvalue weighted by atomic mass is 9.89. The minimum atomic E-state index is -0.956. The van der Waals surface area contributed by atoms with Crippen LogP contribution in [0.1, 0.15) is 46.0 Å². The van der Waals surface area contributed by atoms with Crippen molar-refractivity contribution >= 4 is 28.5 Å². The highest BCUT2D eigenvalue weighted by Gasteiger charge is 2.28. The number of carbonyl (C=O) groups excluding carboxylic acids is 1. The number of carboxylic acid groups (broad SMARTS) is 1. The monoisotopic (exact) mass is 346 g/mol. The zero-order valence-corrected chi connectivity index (χ0v) is 14.8. The van der Waals surface area contributed by atoms with Crippen LogP contribution in [0.15, 0.2) is 30.5 Å². The lowest BCUT2D eigenvalue weighted by Gasteiger charge is -2.26. The molecule has 1 heterocycles. The molecule has 6 nitrogen and oxygen atoms in total. The molecule has 0 spiro atoms. The normalized spacial score (nSPS) is 11.6. The Labute approximate surface area is 147 Å². The first kappa shape index (κ1) is 19.0. The number of carbonyl (C=O) groups is 2. The molecule has 0 unspecified atom stereocenters. The van der Waals surface area contributed by atoms with E-state index in [0.717, 1.165) is 23.7 Å². The Morgan fingerprint density at radius 1 is 1.16 bits per heavy atom. The quantitative estimate of drug-likeness (QED) is 0.649. The van der Waals surface area contributed by atoms with E-state index in [1.54, 1.807) is 22.9 Å². The smallest absolute Gasteiger partial charge is 0.323 e. The zero-order chi connectivity index (χ0) is 18.4. The highest BCUT2D eigenvalue weighted by molar-refractivity contribution is 5.94. The second-order valence-corrected chi connectivity index (χ2v) is 6.56. The number of rotatable bonds is 9. The number of nitrogens with one attached hydrogen (secondary N) is 1. The largest absolute Gasteiger partial charge is 0.480 e. The number of fused-ring (bicyclic) bond motifs is 1. The van der Waals surface area contributed by atoms with E-state index in [1.165, 1.54) is 0 Å². The van der Waals surface area contributed by atoms with Gasteiger partial charge in [-0.15, -0.1) is 0 Å². The Balaban J connectivity index is 2.09. The van der Waals surface area contributed by atoms with Crippen molar-refractivity contribution in [1.82, 2.24) is 4.57 Å². The van der Waals surface area contributed by atoms with Crippen LogP contribution < -0.4 is 5.32 Å². The Hall–Kier alpha value is -2.34. The molecule has 0 bridgehead atoms. The first-order valence-electron chi connectivity index (χ1n) is 8.70. The fraction of sp³-hybridized carbons (Fsp3) is 0.474. The lowest BCUT2D eigenvalue weighted by Crippen LogP contribution is -2.33. The van der Waals surface area contributed by atoms with Crippen molar-refractivity contribution in [3.63, 3.8) is 0 Å². The van der Waals surface area contributed by atoms with Gasteiger partial charge >= 0.3 is 5.97 Å². The molecule has 2 aromatic rings. The van der Waals surface area contributed by atoms with E-state index < -0.39 is 11.6 Å². The fourth-order valence-corrected chi connectivity index (χ4v) is 3.30. The Morgan fingerprint density at radius 2 is 1.84 bits per heavy atom. The minimum Gasteiger partial charge on any atom is -0.480 e. The summed E-state index contributed by atoms with van der Waals surface area (Å²) >= 11 is 0. The molecule has 0 aliphatic rings. The molecule has 3 N–H and O–H groups in total. The van der Waals surface area contributed by atoms with Gasteiger partial charge in [-0.05, 0) is 37.1 Å². The molecule has 136 valence electrons. The number of aromatic nitrogens is 1. The predicted octanol–water partition coefficient (Wildman–Crippen LogP) is 3.39. The maximum absolute atomic E-state index is 12.3. The summed E-state index contributed by atoms with van der Waals surface area (Å²) < 4.78 is 1.64. The zero-order valence-electron chi connectivity index (χ0n) is 14.8. The van der Waals surface area contributed by atoms with Gasteiger partial charge in [0.2, 0.25) is 5.91 Å². The van der Waals surface area contributed by atoms with E-state index in [-0.39, 0.29) is 18.9 Å². The van der Waals surface area contributed by atoms with Gasteiger partial charge in [0.15, 0.2) is 0 Å². The molecule has 1 aromatic heterocycles. The maximum Gasteiger partial charge on any atom is 0.323 e. The molecule has 25 heavy (non-hydrogen) atoms. The van der Waals surface area contributed by atoms with Crippen LogP contribution in [-0.4, -0.2) is 32.3 Å². The van der Waals surface area contributed by atoms with E-state index in [0.29, 0.717) is 18.5 Å². The minimum absolute atomic E-state index is 0.0761. The third kappa shape index (κ3) is 5.06. The van der Waals surface area contributed by atoms with Gasteiger partial charge in [0.25, 0.3) is 0 Å². The number of benzene rings is 1. The van der Waals surface area contributed by atoms with Crippen LogP contribution >= 0.6 is 0 Å². The Bertz CT molecular complexity index is 745. The van der Waals surface area contributed by atoms with Gasteiger partial charge in [0, 0.05) is 22.8 Å². The standard InChI is InChI=1S/C19H26N2O4/c1-3-8-19(25,9-4-2)12-17(22)20-15-5-6-16-14(11-15)7-10-21(16)13-18(23)24/h5-7,10-11,25H,3-4,8-9,12-13H2,1-2H3,(H,20,22)(H,23,24). The molecular weight excluding hydrogens is 320 g/mol. The summed E-state index contributed by atoms with van der Waals surface area (Å²) in [5.41, 5.74) is 0.484. The lowest BCUT2D eigenvalue weighted by molar-refractivity contribution is -0.137. The highest BCUT2D eigenvalue weighted by Crippen LogP contribution is 2.25. The van der Waals surface area contributed by atoms with Gasteiger partial charge in [-0.1, -0.05) is 26.7 Å². The predicted molar refractivity (Wildman–Crippen MR) is 97.6 cm³/mol. The van der Waals surface area contributed by atoms with Crippen LogP contribution in [0.25, 0.3) is 10.9 Å². The van der Waals surface area contributed by atoms with Crippen LogP contribution in [-0.2, 0) is 16.1 Å². The fourth-order valence-electron chi connectivity index (χ4n) is 3.30. The summed E-state index contributed by atoms with van der Waals surface area (Å²) in [5.74, 6) is -1.12. The van der Waals surface area contributed by atoms with Crippen LogP contribution in [0, 0.1) is 0 Å². The summed E-state index contributed by atoms with van der Waals surface area (Å²) in [7, 11) is 0. The summed E-state index contributed by atoms with van der Waals surface area (Å²) in [6, 6.07) is 7.16. The van der Waals surface area contributed by atoms with E-state index >= 15 is 0 Å². The number of amides is 1. The molecule has 0 aliphatic heterocycles. The molecular formula is C19H26N2O4. The summed E-state index contributed by atoms with van der Waals surface area (Å²) in [6.45, 7) is 3.89. The van der Waals surface area contributed by atoms with E-state index in [9.17, 15) is 14.7 Å². The molecule has 0 saturated carbocycles. The third-order valence-corrected chi connectivity index (χ3v) is 4.28. The SMILES string of the molecule is CCCC(O)(CCC)CC(=O)Nc1ccc2c(ccn2CC(=O)O)c1. The number of hydrogen-bond donors (Lipinski definition) is 3. The van der Waals surface area contributed by atoms with Gasteiger partial charge < -0.3 is 20.1 Å².